The molecule has 0 radical (unpaired) electrons. The second-order valence-corrected chi connectivity index (χ2v) is 7.71. The zero-order valence-electron chi connectivity index (χ0n) is 14.3. The summed E-state index contributed by atoms with van der Waals surface area (Å²) < 4.78 is 5.52. The maximum Gasteiger partial charge on any atom is 0.313 e. The number of rotatable bonds is 6. The van der Waals surface area contributed by atoms with E-state index in [9.17, 15) is 9.90 Å². The molecule has 0 fully saturated rings. The summed E-state index contributed by atoms with van der Waals surface area (Å²) in [6.07, 6.45) is -0.891. The zero-order valence-corrected chi connectivity index (χ0v) is 15.1. The van der Waals surface area contributed by atoms with Gasteiger partial charge < -0.3 is 9.84 Å². The molecule has 0 bridgehead atoms. The maximum absolute atomic E-state index is 12.6. The van der Waals surface area contributed by atoms with E-state index in [0.29, 0.717) is 5.75 Å². The van der Waals surface area contributed by atoms with Gasteiger partial charge in [0.05, 0.1) is 12.0 Å². The molecule has 0 aromatic heterocycles. The summed E-state index contributed by atoms with van der Waals surface area (Å²) in [5.74, 6) is -0.547. The lowest BCUT2D eigenvalue weighted by Crippen LogP contribution is -2.33. The Kier molecular flexibility index (Phi) is 6.46. The van der Waals surface area contributed by atoms with Gasteiger partial charge in [-0.1, -0.05) is 48.5 Å². The fraction of sp³-hybridized carbons (Fsp3) is 0.350. The molecule has 0 amide bonds. The van der Waals surface area contributed by atoms with E-state index in [0.717, 1.165) is 10.5 Å². The van der Waals surface area contributed by atoms with Crippen molar-refractivity contribution in [1.29, 1.82) is 0 Å². The Hall–Kier alpha value is -1.78. The summed E-state index contributed by atoms with van der Waals surface area (Å²) in [7, 11) is 0. The van der Waals surface area contributed by atoms with Crippen molar-refractivity contribution in [2.24, 2.45) is 5.92 Å². The molecule has 24 heavy (non-hydrogen) atoms. The van der Waals surface area contributed by atoms with Crippen LogP contribution in [-0.2, 0) is 9.53 Å². The van der Waals surface area contributed by atoms with Gasteiger partial charge in [-0.3, -0.25) is 4.79 Å². The highest BCUT2D eigenvalue weighted by Crippen LogP contribution is 2.30. The van der Waals surface area contributed by atoms with Crippen LogP contribution in [0.15, 0.2) is 65.6 Å². The number of hydrogen-bond donors (Lipinski definition) is 1. The van der Waals surface area contributed by atoms with Crippen LogP contribution in [0.3, 0.4) is 0 Å². The largest absolute Gasteiger partial charge is 0.460 e. The molecule has 2 atom stereocenters. The molecule has 0 unspecified atom stereocenters. The highest BCUT2D eigenvalue weighted by molar-refractivity contribution is 7.99. The normalized spacial score (nSPS) is 14.0. The SMILES string of the molecule is CC(C)(C)OC(=O)[C@H](CSc1ccccc1)[C@H](O)c1ccccc1. The van der Waals surface area contributed by atoms with E-state index in [-0.39, 0.29) is 5.97 Å². The molecular formula is C20H24O3S. The minimum absolute atomic E-state index is 0.373. The van der Waals surface area contributed by atoms with Crippen LogP contribution in [0.1, 0.15) is 32.4 Å². The molecule has 0 heterocycles. The van der Waals surface area contributed by atoms with Gasteiger partial charge in [-0.15, -0.1) is 11.8 Å². The van der Waals surface area contributed by atoms with E-state index in [1.165, 1.54) is 0 Å². The van der Waals surface area contributed by atoms with Crippen molar-refractivity contribution in [1.82, 2.24) is 0 Å². The van der Waals surface area contributed by atoms with Crippen molar-refractivity contribution in [2.45, 2.75) is 37.4 Å². The van der Waals surface area contributed by atoms with E-state index in [1.807, 2.05) is 81.4 Å². The number of esters is 1. The molecule has 1 N–H and O–H groups in total. The van der Waals surface area contributed by atoms with Crippen LogP contribution in [0.4, 0.5) is 0 Å². The monoisotopic (exact) mass is 344 g/mol. The summed E-state index contributed by atoms with van der Waals surface area (Å²) >= 11 is 1.55. The lowest BCUT2D eigenvalue weighted by Gasteiger charge is -2.26. The Morgan fingerprint density at radius 2 is 1.58 bits per heavy atom. The van der Waals surface area contributed by atoms with Crippen LogP contribution in [0, 0.1) is 5.92 Å². The molecule has 0 aliphatic heterocycles. The minimum Gasteiger partial charge on any atom is -0.460 e. The van der Waals surface area contributed by atoms with Crippen LogP contribution in [0.25, 0.3) is 0 Å². The Labute approximate surface area is 148 Å². The average molecular weight is 344 g/mol. The second-order valence-electron chi connectivity index (χ2n) is 6.62. The van der Waals surface area contributed by atoms with Crippen molar-refractivity contribution >= 4 is 17.7 Å². The van der Waals surface area contributed by atoms with Crippen LogP contribution >= 0.6 is 11.8 Å². The summed E-state index contributed by atoms with van der Waals surface area (Å²) in [5.41, 5.74) is 0.144. The third kappa shape index (κ3) is 5.69. The third-order valence-electron chi connectivity index (χ3n) is 3.40. The maximum atomic E-state index is 12.6. The Morgan fingerprint density at radius 1 is 1.04 bits per heavy atom. The van der Waals surface area contributed by atoms with Gasteiger partial charge in [0, 0.05) is 10.6 Å². The molecule has 0 saturated heterocycles. The lowest BCUT2D eigenvalue weighted by atomic mass is 9.97. The number of thioether (sulfide) groups is 1. The van der Waals surface area contributed by atoms with Gasteiger partial charge in [-0.2, -0.15) is 0 Å². The summed E-state index contributed by atoms with van der Waals surface area (Å²) in [6.45, 7) is 5.50. The van der Waals surface area contributed by atoms with Crippen LogP contribution in [-0.4, -0.2) is 22.4 Å². The first-order valence-electron chi connectivity index (χ1n) is 8.00. The predicted octanol–water partition coefficient (Wildman–Crippen LogP) is 4.47. The molecular weight excluding hydrogens is 320 g/mol. The van der Waals surface area contributed by atoms with E-state index >= 15 is 0 Å². The number of ether oxygens (including phenoxy) is 1. The van der Waals surface area contributed by atoms with Gasteiger partial charge in [-0.05, 0) is 38.5 Å². The van der Waals surface area contributed by atoms with Crippen molar-refractivity contribution in [3.63, 3.8) is 0 Å². The standard InChI is InChI=1S/C20H24O3S/c1-20(2,3)23-19(22)17(14-24-16-12-8-5-9-13-16)18(21)15-10-6-4-7-11-15/h4-13,17-18,21H,14H2,1-3H3/t17-,18-/m1/s1. The Balaban J connectivity index is 2.15. The van der Waals surface area contributed by atoms with Gasteiger partial charge in [0.1, 0.15) is 5.60 Å². The number of carbonyl (C=O) groups is 1. The Morgan fingerprint density at radius 3 is 2.12 bits per heavy atom. The summed E-state index contributed by atoms with van der Waals surface area (Å²) in [5, 5.41) is 10.7. The highest BCUT2D eigenvalue weighted by atomic mass is 32.2. The first-order chi connectivity index (χ1) is 11.4. The fourth-order valence-electron chi connectivity index (χ4n) is 2.25. The molecule has 3 nitrogen and oxygen atoms in total. The molecule has 4 heteroatoms. The highest BCUT2D eigenvalue weighted by Gasteiger charge is 2.32. The van der Waals surface area contributed by atoms with Crippen molar-refractivity contribution < 1.29 is 14.6 Å². The first-order valence-corrected chi connectivity index (χ1v) is 8.99. The molecule has 2 aromatic carbocycles. The summed E-state index contributed by atoms with van der Waals surface area (Å²) in [4.78, 5) is 13.7. The number of aliphatic hydroxyl groups is 1. The molecule has 128 valence electrons. The molecule has 2 rings (SSSR count). The van der Waals surface area contributed by atoms with Gasteiger partial charge in [0.15, 0.2) is 0 Å². The van der Waals surface area contributed by atoms with Gasteiger partial charge in [0.2, 0.25) is 0 Å². The minimum atomic E-state index is -0.891. The van der Waals surface area contributed by atoms with Crippen LogP contribution in [0.2, 0.25) is 0 Å². The third-order valence-corrected chi connectivity index (χ3v) is 4.54. The zero-order chi connectivity index (χ0) is 17.6. The molecule has 0 saturated carbocycles. The van der Waals surface area contributed by atoms with Gasteiger partial charge >= 0.3 is 5.97 Å². The predicted molar refractivity (Wildman–Crippen MR) is 97.9 cm³/mol. The number of benzene rings is 2. The molecule has 0 aliphatic carbocycles. The lowest BCUT2D eigenvalue weighted by molar-refractivity contribution is -0.163. The summed E-state index contributed by atoms with van der Waals surface area (Å²) in [6, 6.07) is 19.1. The van der Waals surface area contributed by atoms with Crippen LogP contribution < -0.4 is 0 Å². The van der Waals surface area contributed by atoms with Crippen LogP contribution in [0.5, 0.6) is 0 Å². The smallest absolute Gasteiger partial charge is 0.313 e. The van der Waals surface area contributed by atoms with Crippen molar-refractivity contribution in [2.75, 3.05) is 5.75 Å². The number of aliphatic hydroxyl groups excluding tert-OH is 1. The van der Waals surface area contributed by atoms with Crippen molar-refractivity contribution in [3.05, 3.63) is 66.2 Å². The van der Waals surface area contributed by atoms with E-state index in [4.69, 9.17) is 4.74 Å². The molecule has 0 aliphatic rings. The topological polar surface area (TPSA) is 46.5 Å². The first kappa shape index (κ1) is 18.6. The quantitative estimate of drug-likeness (QED) is 0.620. The molecule has 0 spiro atoms. The van der Waals surface area contributed by atoms with E-state index in [2.05, 4.69) is 0 Å². The Bertz CT molecular complexity index is 635. The fourth-order valence-corrected chi connectivity index (χ4v) is 3.29. The van der Waals surface area contributed by atoms with E-state index < -0.39 is 17.6 Å². The molecule has 2 aromatic rings. The van der Waals surface area contributed by atoms with Gasteiger partial charge in [0.25, 0.3) is 0 Å². The number of carbonyl (C=O) groups excluding carboxylic acids is 1. The number of hydrogen-bond acceptors (Lipinski definition) is 4. The second kappa shape index (κ2) is 8.36. The average Bonchev–Trinajstić information content (AvgIpc) is 2.55. The van der Waals surface area contributed by atoms with E-state index in [1.54, 1.807) is 11.8 Å². The van der Waals surface area contributed by atoms with Crippen molar-refractivity contribution in [3.8, 4) is 0 Å². The van der Waals surface area contributed by atoms with Gasteiger partial charge in [-0.25, -0.2) is 0 Å².